The van der Waals surface area contributed by atoms with Gasteiger partial charge in [0.05, 0.1) is 19.3 Å². The van der Waals surface area contributed by atoms with Gasteiger partial charge in [-0.2, -0.15) is 0 Å². The van der Waals surface area contributed by atoms with Crippen LogP contribution in [0.3, 0.4) is 0 Å². The summed E-state index contributed by atoms with van der Waals surface area (Å²) in [6, 6.07) is 12.1. The molecule has 0 saturated heterocycles. The number of carbonyl (C=O) groups excluding carboxylic acids is 2. The fraction of sp³-hybridized carbons (Fsp3) is 0.440. The highest BCUT2D eigenvalue weighted by atomic mass is 16.5. The molecule has 2 aromatic rings. The molecule has 0 heterocycles. The van der Waals surface area contributed by atoms with Crippen LogP contribution >= 0.6 is 0 Å². The van der Waals surface area contributed by atoms with Crippen LogP contribution in [0.5, 0.6) is 11.5 Å². The maximum absolute atomic E-state index is 13.0. The predicted molar refractivity (Wildman–Crippen MR) is 123 cm³/mol. The van der Waals surface area contributed by atoms with E-state index in [0.717, 1.165) is 11.1 Å². The normalized spacial score (nSPS) is 12.7. The van der Waals surface area contributed by atoms with Gasteiger partial charge in [-0.15, -0.1) is 0 Å². The van der Waals surface area contributed by atoms with E-state index < -0.39 is 6.04 Å². The first-order chi connectivity index (χ1) is 14.8. The van der Waals surface area contributed by atoms with E-state index in [9.17, 15) is 9.59 Å². The van der Waals surface area contributed by atoms with Gasteiger partial charge < -0.3 is 20.1 Å². The summed E-state index contributed by atoms with van der Waals surface area (Å²) in [6.45, 7) is 12.5. The molecule has 0 bridgehead atoms. The van der Waals surface area contributed by atoms with Crippen molar-refractivity contribution in [1.82, 2.24) is 10.6 Å². The van der Waals surface area contributed by atoms with E-state index in [2.05, 4.69) is 10.6 Å². The van der Waals surface area contributed by atoms with Gasteiger partial charge in [-0.05, 0) is 62.9 Å². The van der Waals surface area contributed by atoms with E-state index in [1.165, 1.54) is 0 Å². The van der Waals surface area contributed by atoms with Crippen LogP contribution in [0.25, 0.3) is 0 Å². The monoisotopic (exact) mass is 426 g/mol. The zero-order valence-electron chi connectivity index (χ0n) is 19.3. The quantitative estimate of drug-likeness (QED) is 0.589. The number of ether oxygens (including phenoxy) is 2. The van der Waals surface area contributed by atoms with Crippen molar-refractivity contribution in [3.05, 3.63) is 59.2 Å². The zero-order chi connectivity index (χ0) is 23.0. The van der Waals surface area contributed by atoms with Gasteiger partial charge in [0.1, 0.15) is 6.04 Å². The maximum atomic E-state index is 13.0. The van der Waals surface area contributed by atoms with Crippen LogP contribution in [-0.2, 0) is 4.79 Å². The van der Waals surface area contributed by atoms with Gasteiger partial charge in [0.25, 0.3) is 5.91 Å². The third kappa shape index (κ3) is 6.48. The molecule has 0 aromatic heterocycles. The zero-order valence-corrected chi connectivity index (χ0v) is 19.3. The van der Waals surface area contributed by atoms with Crippen molar-refractivity contribution in [2.24, 2.45) is 5.92 Å². The average Bonchev–Trinajstić information content (AvgIpc) is 2.73. The lowest BCUT2D eigenvalue weighted by Gasteiger charge is -2.25. The molecule has 0 fully saturated rings. The fourth-order valence-corrected chi connectivity index (χ4v) is 3.31. The lowest BCUT2D eigenvalue weighted by atomic mass is 10.0. The van der Waals surface area contributed by atoms with Crippen molar-refractivity contribution in [3.8, 4) is 11.5 Å². The van der Waals surface area contributed by atoms with Crippen molar-refractivity contribution in [1.29, 1.82) is 0 Å². The summed E-state index contributed by atoms with van der Waals surface area (Å²) in [4.78, 5) is 25.8. The van der Waals surface area contributed by atoms with Crippen molar-refractivity contribution in [2.45, 2.75) is 53.6 Å². The highest BCUT2D eigenvalue weighted by Gasteiger charge is 2.26. The Morgan fingerprint density at radius 3 is 2.16 bits per heavy atom. The van der Waals surface area contributed by atoms with Crippen molar-refractivity contribution >= 4 is 11.8 Å². The highest BCUT2D eigenvalue weighted by Crippen LogP contribution is 2.30. The Bertz CT molecular complexity index is 895. The SMILES string of the molecule is CCOc1ccc(C(C)NC(=O)C(NC(=O)c2ccccc2C)C(C)C)cc1OCC. The molecular weight excluding hydrogens is 392 g/mol. The summed E-state index contributed by atoms with van der Waals surface area (Å²) in [5.41, 5.74) is 2.34. The minimum atomic E-state index is -0.649. The van der Waals surface area contributed by atoms with Crippen molar-refractivity contribution in [2.75, 3.05) is 13.2 Å². The Kier molecular flexibility index (Phi) is 8.91. The number of rotatable bonds is 10. The van der Waals surface area contributed by atoms with Gasteiger partial charge in [0.15, 0.2) is 11.5 Å². The first-order valence-corrected chi connectivity index (χ1v) is 10.8. The number of hydrogen-bond donors (Lipinski definition) is 2. The smallest absolute Gasteiger partial charge is 0.252 e. The molecule has 0 aliphatic carbocycles. The second-order valence-corrected chi connectivity index (χ2v) is 7.81. The fourth-order valence-electron chi connectivity index (χ4n) is 3.31. The standard InChI is InChI=1S/C25H34N2O4/c1-7-30-21-14-13-19(15-22(21)31-8-2)18(6)26-25(29)23(16(3)4)27-24(28)20-12-10-9-11-17(20)5/h9-16,18,23H,7-8H2,1-6H3,(H,26,29)(H,27,28). The van der Waals surface area contributed by atoms with Crippen LogP contribution < -0.4 is 20.1 Å². The molecule has 2 aromatic carbocycles. The van der Waals surface area contributed by atoms with Gasteiger partial charge in [-0.25, -0.2) is 0 Å². The van der Waals surface area contributed by atoms with Crippen LogP contribution in [0.4, 0.5) is 0 Å². The third-order valence-electron chi connectivity index (χ3n) is 5.05. The summed E-state index contributed by atoms with van der Waals surface area (Å²) in [5, 5.41) is 5.91. The molecule has 2 unspecified atom stereocenters. The first-order valence-electron chi connectivity index (χ1n) is 10.8. The molecule has 2 amide bonds. The van der Waals surface area contributed by atoms with Crippen LogP contribution in [-0.4, -0.2) is 31.1 Å². The van der Waals surface area contributed by atoms with E-state index in [-0.39, 0.29) is 23.8 Å². The molecule has 0 aliphatic rings. The minimum Gasteiger partial charge on any atom is -0.490 e. The maximum Gasteiger partial charge on any atom is 0.252 e. The van der Waals surface area contributed by atoms with Gasteiger partial charge in [-0.3, -0.25) is 9.59 Å². The molecule has 2 N–H and O–H groups in total. The van der Waals surface area contributed by atoms with E-state index in [0.29, 0.717) is 30.3 Å². The molecule has 6 heteroatoms. The van der Waals surface area contributed by atoms with Crippen LogP contribution in [0.2, 0.25) is 0 Å². The number of aryl methyl sites for hydroxylation is 1. The Hall–Kier alpha value is -3.02. The minimum absolute atomic E-state index is 0.0699. The third-order valence-corrected chi connectivity index (χ3v) is 5.05. The lowest BCUT2D eigenvalue weighted by Crippen LogP contribution is -2.50. The molecule has 31 heavy (non-hydrogen) atoms. The molecule has 0 radical (unpaired) electrons. The second-order valence-electron chi connectivity index (χ2n) is 7.81. The van der Waals surface area contributed by atoms with Gasteiger partial charge in [-0.1, -0.05) is 38.1 Å². The number of benzene rings is 2. The average molecular weight is 427 g/mol. The van der Waals surface area contributed by atoms with Crippen LogP contribution in [0, 0.1) is 12.8 Å². The highest BCUT2D eigenvalue weighted by molar-refractivity contribution is 5.98. The Labute approximate surface area is 185 Å². The molecular formula is C25H34N2O4. The second kappa shape index (κ2) is 11.4. The predicted octanol–water partition coefficient (Wildman–Crippen LogP) is 4.42. The number of hydrogen-bond acceptors (Lipinski definition) is 4. The first kappa shape index (κ1) is 24.3. The Morgan fingerprint density at radius 2 is 1.55 bits per heavy atom. The summed E-state index contributed by atoms with van der Waals surface area (Å²) in [6.07, 6.45) is 0. The van der Waals surface area contributed by atoms with Crippen molar-refractivity contribution < 1.29 is 19.1 Å². The van der Waals surface area contributed by atoms with E-state index >= 15 is 0 Å². The Balaban J connectivity index is 2.14. The summed E-state index contributed by atoms with van der Waals surface area (Å²) < 4.78 is 11.3. The summed E-state index contributed by atoms with van der Waals surface area (Å²) >= 11 is 0. The lowest BCUT2D eigenvalue weighted by molar-refractivity contribution is -0.124. The van der Waals surface area contributed by atoms with Gasteiger partial charge >= 0.3 is 0 Å². The summed E-state index contributed by atoms with van der Waals surface area (Å²) in [7, 11) is 0. The molecule has 2 rings (SSSR count). The molecule has 0 spiro atoms. The van der Waals surface area contributed by atoms with E-state index in [4.69, 9.17) is 9.47 Å². The van der Waals surface area contributed by atoms with Gasteiger partial charge in [0.2, 0.25) is 5.91 Å². The van der Waals surface area contributed by atoms with E-state index in [1.807, 2.05) is 77.9 Å². The number of carbonyl (C=O) groups is 2. The number of amides is 2. The molecule has 2 atom stereocenters. The summed E-state index contributed by atoms with van der Waals surface area (Å²) in [5.74, 6) is 0.781. The molecule has 168 valence electrons. The van der Waals surface area contributed by atoms with Gasteiger partial charge in [0, 0.05) is 5.56 Å². The van der Waals surface area contributed by atoms with Crippen LogP contribution in [0.1, 0.15) is 62.1 Å². The van der Waals surface area contributed by atoms with Crippen LogP contribution in [0.15, 0.2) is 42.5 Å². The number of nitrogens with one attached hydrogen (secondary N) is 2. The largest absolute Gasteiger partial charge is 0.490 e. The molecule has 6 nitrogen and oxygen atoms in total. The van der Waals surface area contributed by atoms with Crippen molar-refractivity contribution in [3.63, 3.8) is 0 Å². The molecule has 0 aliphatic heterocycles. The Morgan fingerprint density at radius 1 is 0.903 bits per heavy atom. The molecule has 0 saturated carbocycles. The topological polar surface area (TPSA) is 76.7 Å². The van der Waals surface area contributed by atoms with E-state index in [1.54, 1.807) is 6.07 Å².